The van der Waals surface area contributed by atoms with Crippen molar-refractivity contribution in [2.24, 2.45) is 11.8 Å². The van der Waals surface area contributed by atoms with Crippen molar-refractivity contribution >= 4 is 5.97 Å². The molecule has 3 heteroatoms. The SMILES string of the molecule is CC1CCCCC1(C(=O)O)N1CC2CCC1C2. The van der Waals surface area contributed by atoms with Gasteiger partial charge in [-0.3, -0.25) is 9.69 Å². The lowest BCUT2D eigenvalue weighted by Crippen LogP contribution is -2.62. The fourth-order valence-electron chi connectivity index (χ4n) is 4.61. The number of piperidine rings is 1. The van der Waals surface area contributed by atoms with Gasteiger partial charge in [-0.05, 0) is 43.9 Å². The molecule has 3 aliphatic rings. The first-order valence-electron chi connectivity index (χ1n) is 7.14. The Balaban J connectivity index is 1.91. The molecule has 2 saturated carbocycles. The van der Waals surface area contributed by atoms with Crippen molar-refractivity contribution in [2.45, 2.75) is 63.5 Å². The Labute approximate surface area is 103 Å². The molecule has 2 bridgehead atoms. The predicted molar refractivity (Wildman–Crippen MR) is 65.8 cm³/mol. The molecule has 1 N–H and O–H groups in total. The Morgan fingerprint density at radius 1 is 1.29 bits per heavy atom. The number of carboxylic acids is 1. The summed E-state index contributed by atoms with van der Waals surface area (Å²) in [6.45, 7) is 3.20. The number of nitrogens with zero attached hydrogens (tertiary/aromatic N) is 1. The van der Waals surface area contributed by atoms with Crippen LogP contribution in [0.15, 0.2) is 0 Å². The van der Waals surface area contributed by atoms with Gasteiger partial charge in [0.1, 0.15) is 5.54 Å². The lowest BCUT2D eigenvalue weighted by atomic mass is 9.71. The molecule has 96 valence electrons. The second-order valence-electron chi connectivity index (χ2n) is 6.36. The van der Waals surface area contributed by atoms with Crippen LogP contribution in [-0.4, -0.2) is 34.1 Å². The molecular formula is C14H23NO2. The number of likely N-dealkylation sites (tertiary alicyclic amines) is 1. The van der Waals surface area contributed by atoms with Gasteiger partial charge in [0, 0.05) is 12.6 Å². The van der Waals surface area contributed by atoms with Crippen LogP contribution in [0.1, 0.15) is 51.9 Å². The maximum Gasteiger partial charge on any atom is 0.324 e. The van der Waals surface area contributed by atoms with Gasteiger partial charge >= 0.3 is 5.97 Å². The van der Waals surface area contributed by atoms with Gasteiger partial charge in [0.05, 0.1) is 0 Å². The molecule has 3 nitrogen and oxygen atoms in total. The molecule has 0 amide bonds. The van der Waals surface area contributed by atoms with E-state index in [0.717, 1.165) is 31.7 Å². The van der Waals surface area contributed by atoms with Crippen LogP contribution in [0.5, 0.6) is 0 Å². The first kappa shape index (κ1) is 11.5. The number of rotatable bonds is 2. The Morgan fingerprint density at radius 2 is 2.12 bits per heavy atom. The standard InChI is InChI=1S/C14H23NO2/c1-10-4-2-3-7-14(10,13(16)17)15-9-11-5-6-12(15)8-11/h10-12H,2-9H2,1H3,(H,16,17). The third kappa shape index (κ3) is 1.55. The third-order valence-electron chi connectivity index (χ3n) is 5.55. The molecule has 4 unspecified atom stereocenters. The molecule has 1 aliphatic heterocycles. The molecule has 1 saturated heterocycles. The van der Waals surface area contributed by atoms with Crippen LogP contribution < -0.4 is 0 Å². The number of carboxylic acid groups (broad SMARTS) is 1. The molecule has 0 aromatic rings. The number of carbonyl (C=O) groups is 1. The molecule has 3 rings (SSSR count). The van der Waals surface area contributed by atoms with E-state index in [-0.39, 0.29) is 0 Å². The van der Waals surface area contributed by atoms with Crippen molar-refractivity contribution in [2.75, 3.05) is 6.54 Å². The lowest BCUT2D eigenvalue weighted by molar-refractivity contribution is -0.160. The molecule has 0 aromatic carbocycles. The summed E-state index contributed by atoms with van der Waals surface area (Å²) in [5.41, 5.74) is -0.530. The van der Waals surface area contributed by atoms with E-state index in [0.29, 0.717) is 12.0 Å². The fraction of sp³-hybridized carbons (Fsp3) is 0.929. The minimum atomic E-state index is -0.558. The van der Waals surface area contributed by atoms with Gasteiger partial charge in [0.25, 0.3) is 0 Å². The van der Waals surface area contributed by atoms with Crippen molar-refractivity contribution < 1.29 is 9.90 Å². The maximum absolute atomic E-state index is 11.9. The summed E-state index contributed by atoms with van der Waals surface area (Å²) < 4.78 is 0. The number of hydrogen-bond acceptors (Lipinski definition) is 2. The van der Waals surface area contributed by atoms with Crippen LogP contribution in [0, 0.1) is 11.8 Å². The average molecular weight is 237 g/mol. The second kappa shape index (κ2) is 3.98. The highest BCUT2D eigenvalue weighted by Gasteiger charge is 2.55. The van der Waals surface area contributed by atoms with Gasteiger partial charge in [-0.1, -0.05) is 19.8 Å². The molecule has 4 atom stereocenters. The van der Waals surface area contributed by atoms with Crippen LogP contribution in [-0.2, 0) is 4.79 Å². The summed E-state index contributed by atoms with van der Waals surface area (Å²) in [5, 5.41) is 9.81. The van der Waals surface area contributed by atoms with Crippen LogP contribution in [0.3, 0.4) is 0 Å². The zero-order chi connectivity index (χ0) is 12.0. The van der Waals surface area contributed by atoms with Crippen LogP contribution in [0.2, 0.25) is 0 Å². The van der Waals surface area contributed by atoms with Crippen molar-refractivity contribution in [3.05, 3.63) is 0 Å². The van der Waals surface area contributed by atoms with E-state index in [1.54, 1.807) is 0 Å². The van der Waals surface area contributed by atoms with E-state index in [2.05, 4.69) is 11.8 Å². The highest BCUT2D eigenvalue weighted by Crippen LogP contribution is 2.48. The summed E-state index contributed by atoms with van der Waals surface area (Å²) in [4.78, 5) is 14.3. The van der Waals surface area contributed by atoms with Crippen molar-refractivity contribution in [1.29, 1.82) is 0 Å². The van der Waals surface area contributed by atoms with Crippen LogP contribution in [0.4, 0.5) is 0 Å². The van der Waals surface area contributed by atoms with Crippen molar-refractivity contribution in [1.82, 2.24) is 4.90 Å². The largest absolute Gasteiger partial charge is 0.480 e. The summed E-state index contributed by atoms with van der Waals surface area (Å²) in [6, 6.07) is 0.566. The number of fused-ring (bicyclic) bond motifs is 2. The molecule has 1 heterocycles. The molecule has 3 fully saturated rings. The molecule has 17 heavy (non-hydrogen) atoms. The van der Waals surface area contributed by atoms with E-state index in [1.165, 1.54) is 25.7 Å². The van der Waals surface area contributed by atoms with Crippen LogP contribution in [0.25, 0.3) is 0 Å². The van der Waals surface area contributed by atoms with Crippen molar-refractivity contribution in [3.8, 4) is 0 Å². The minimum Gasteiger partial charge on any atom is -0.480 e. The number of hydrogen-bond donors (Lipinski definition) is 1. The number of aliphatic carboxylic acids is 1. The average Bonchev–Trinajstić information content (AvgIpc) is 2.91. The summed E-state index contributed by atoms with van der Waals surface area (Å²) in [5.74, 6) is 0.538. The Hall–Kier alpha value is -0.570. The molecule has 0 radical (unpaired) electrons. The fourth-order valence-corrected chi connectivity index (χ4v) is 4.61. The molecule has 0 spiro atoms. The molecule has 0 aromatic heterocycles. The van der Waals surface area contributed by atoms with E-state index >= 15 is 0 Å². The van der Waals surface area contributed by atoms with E-state index in [9.17, 15) is 9.90 Å². The zero-order valence-corrected chi connectivity index (χ0v) is 10.7. The topological polar surface area (TPSA) is 40.5 Å². The van der Waals surface area contributed by atoms with E-state index < -0.39 is 11.5 Å². The van der Waals surface area contributed by atoms with Gasteiger partial charge < -0.3 is 5.11 Å². The quantitative estimate of drug-likeness (QED) is 0.802. The minimum absolute atomic E-state index is 0.313. The Bertz CT molecular complexity index is 330. The molecular weight excluding hydrogens is 214 g/mol. The van der Waals surface area contributed by atoms with E-state index in [1.807, 2.05) is 0 Å². The molecule has 2 aliphatic carbocycles. The van der Waals surface area contributed by atoms with Gasteiger partial charge in [-0.25, -0.2) is 0 Å². The maximum atomic E-state index is 11.9. The normalized spacial score (nSPS) is 46.3. The smallest absolute Gasteiger partial charge is 0.324 e. The van der Waals surface area contributed by atoms with Gasteiger partial charge in [0.2, 0.25) is 0 Å². The first-order valence-corrected chi connectivity index (χ1v) is 7.14. The summed E-state index contributed by atoms with van der Waals surface area (Å²) in [6.07, 6.45) is 8.05. The summed E-state index contributed by atoms with van der Waals surface area (Å²) >= 11 is 0. The first-order chi connectivity index (χ1) is 8.14. The monoisotopic (exact) mass is 237 g/mol. The van der Waals surface area contributed by atoms with Crippen molar-refractivity contribution in [3.63, 3.8) is 0 Å². The van der Waals surface area contributed by atoms with Gasteiger partial charge in [-0.15, -0.1) is 0 Å². The van der Waals surface area contributed by atoms with Gasteiger partial charge in [-0.2, -0.15) is 0 Å². The highest BCUT2D eigenvalue weighted by atomic mass is 16.4. The van der Waals surface area contributed by atoms with Gasteiger partial charge in [0.15, 0.2) is 0 Å². The third-order valence-corrected chi connectivity index (χ3v) is 5.55. The Morgan fingerprint density at radius 3 is 2.65 bits per heavy atom. The van der Waals surface area contributed by atoms with E-state index in [4.69, 9.17) is 0 Å². The highest BCUT2D eigenvalue weighted by molar-refractivity contribution is 5.79. The zero-order valence-electron chi connectivity index (χ0n) is 10.7. The van der Waals surface area contributed by atoms with Crippen LogP contribution >= 0.6 is 0 Å². The predicted octanol–water partition coefficient (Wildman–Crippen LogP) is 2.50. The lowest BCUT2D eigenvalue weighted by Gasteiger charge is -2.49. The summed E-state index contributed by atoms with van der Waals surface area (Å²) in [7, 11) is 0. The second-order valence-corrected chi connectivity index (χ2v) is 6.36. The Kier molecular flexibility index (Phi) is 2.69.